The van der Waals surface area contributed by atoms with E-state index in [1.54, 1.807) is 12.0 Å². The van der Waals surface area contributed by atoms with Gasteiger partial charge in [-0.15, -0.1) is 12.4 Å². The molecule has 0 unspecified atom stereocenters. The molecule has 0 bridgehead atoms. The van der Waals surface area contributed by atoms with Gasteiger partial charge in [0.15, 0.2) is 0 Å². The number of methoxy groups -OCH3 is 1. The highest BCUT2D eigenvalue weighted by Gasteiger charge is 2.13. The SMILES string of the molecule is COCCOCC(=O)N(CCCN)Cc1ccccc1.Cl. The monoisotopic (exact) mass is 316 g/mol. The maximum atomic E-state index is 12.1. The normalized spacial score (nSPS) is 10.0. The summed E-state index contributed by atoms with van der Waals surface area (Å²) in [6, 6.07) is 9.92. The molecule has 6 heteroatoms. The Morgan fingerprint density at radius 3 is 2.57 bits per heavy atom. The zero-order valence-electron chi connectivity index (χ0n) is 12.5. The summed E-state index contributed by atoms with van der Waals surface area (Å²) >= 11 is 0. The Labute approximate surface area is 132 Å². The molecule has 2 N–H and O–H groups in total. The minimum Gasteiger partial charge on any atom is -0.382 e. The molecule has 1 aromatic rings. The van der Waals surface area contributed by atoms with Crippen LogP contribution in [0.25, 0.3) is 0 Å². The van der Waals surface area contributed by atoms with Crippen LogP contribution in [0.5, 0.6) is 0 Å². The van der Waals surface area contributed by atoms with Gasteiger partial charge in [-0.2, -0.15) is 0 Å². The van der Waals surface area contributed by atoms with Gasteiger partial charge in [-0.05, 0) is 18.5 Å². The smallest absolute Gasteiger partial charge is 0.248 e. The van der Waals surface area contributed by atoms with Gasteiger partial charge in [0.2, 0.25) is 5.91 Å². The molecule has 1 amide bonds. The van der Waals surface area contributed by atoms with E-state index in [1.165, 1.54) is 0 Å². The Bertz CT molecular complexity index is 376. The third-order valence-electron chi connectivity index (χ3n) is 2.86. The predicted molar refractivity (Wildman–Crippen MR) is 85.5 cm³/mol. The summed E-state index contributed by atoms with van der Waals surface area (Å²) in [5, 5.41) is 0. The van der Waals surface area contributed by atoms with Crippen LogP contribution in [0, 0.1) is 0 Å². The van der Waals surface area contributed by atoms with Crippen LogP contribution in [0.3, 0.4) is 0 Å². The van der Waals surface area contributed by atoms with Gasteiger partial charge in [0.1, 0.15) is 6.61 Å². The average Bonchev–Trinajstić information content (AvgIpc) is 2.48. The molecule has 0 aliphatic rings. The Balaban J connectivity index is 0.00000400. The lowest BCUT2D eigenvalue weighted by Gasteiger charge is -2.22. The van der Waals surface area contributed by atoms with Gasteiger partial charge in [-0.1, -0.05) is 30.3 Å². The lowest BCUT2D eigenvalue weighted by molar-refractivity contribution is -0.137. The number of ether oxygens (including phenoxy) is 2. The molecule has 5 nitrogen and oxygen atoms in total. The summed E-state index contributed by atoms with van der Waals surface area (Å²) in [4.78, 5) is 13.9. The van der Waals surface area contributed by atoms with Crippen molar-refractivity contribution in [3.8, 4) is 0 Å². The van der Waals surface area contributed by atoms with E-state index in [9.17, 15) is 4.79 Å². The highest BCUT2D eigenvalue weighted by atomic mass is 35.5. The van der Waals surface area contributed by atoms with E-state index in [0.717, 1.165) is 12.0 Å². The van der Waals surface area contributed by atoms with Gasteiger partial charge in [0.05, 0.1) is 13.2 Å². The molecule has 0 radical (unpaired) electrons. The number of benzene rings is 1. The third-order valence-corrected chi connectivity index (χ3v) is 2.86. The first kappa shape index (κ1) is 19.9. The molecule has 1 aromatic carbocycles. The zero-order chi connectivity index (χ0) is 14.6. The Morgan fingerprint density at radius 1 is 1.24 bits per heavy atom. The van der Waals surface area contributed by atoms with Crippen LogP contribution >= 0.6 is 12.4 Å². The van der Waals surface area contributed by atoms with E-state index in [4.69, 9.17) is 15.2 Å². The third kappa shape index (κ3) is 8.67. The first-order chi connectivity index (χ1) is 9.77. The molecule has 0 saturated heterocycles. The van der Waals surface area contributed by atoms with Crippen molar-refractivity contribution in [3.63, 3.8) is 0 Å². The second-order valence-electron chi connectivity index (χ2n) is 4.49. The van der Waals surface area contributed by atoms with E-state index in [0.29, 0.717) is 32.8 Å². The second kappa shape index (κ2) is 12.6. The molecular formula is C15H25ClN2O3. The summed E-state index contributed by atoms with van der Waals surface area (Å²) in [6.45, 7) is 2.82. The van der Waals surface area contributed by atoms with E-state index in [2.05, 4.69) is 0 Å². The standard InChI is InChI=1S/C15H24N2O3.ClH/c1-19-10-11-20-13-15(18)17(9-5-8-16)12-14-6-3-2-4-7-14;/h2-4,6-7H,5,8-13,16H2,1H3;1H. The number of hydrogen-bond donors (Lipinski definition) is 1. The Kier molecular flexibility index (Phi) is 11.9. The molecule has 21 heavy (non-hydrogen) atoms. The van der Waals surface area contributed by atoms with Crippen molar-refractivity contribution in [3.05, 3.63) is 35.9 Å². The summed E-state index contributed by atoms with van der Waals surface area (Å²) in [5.41, 5.74) is 6.63. The van der Waals surface area contributed by atoms with Crippen LogP contribution in [-0.4, -0.2) is 50.8 Å². The molecule has 0 aliphatic carbocycles. The molecule has 0 fully saturated rings. The van der Waals surface area contributed by atoms with Crippen LogP contribution in [0.4, 0.5) is 0 Å². The number of amides is 1. The van der Waals surface area contributed by atoms with Crippen molar-refractivity contribution in [2.24, 2.45) is 5.73 Å². The predicted octanol–water partition coefficient (Wildman–Crippen LogP) is 1.45. The summed E-state index contributed by atoms with van der Waals surface area (Å²) in [6.07, 6.45) is 0.788. The molecule has 0 saturated carbocycles. The van der Waals surface area contributed by atoms with Crippen molar-refractivity contribution in [1.82, 2.24) is 4.90 Å². The van der Waals surface area contributed by atoms with Crippen LogP contribution in [-0.2, 0) is 20.8 Å². The molecular weight excluding hydrogens is 292 g/mol. The van der Waals surface area contributed by atoms with Crippen molar-refractivity contribution < 1.29 is 14.3 Å². The number of nitrogens with zero attached hydrogens (tertiary/aromatic N) is 1. The van der Waals surface area contributed by atoms with Crippen molar-refractivity contribution in [1.29, 1.82) is 0 Å². The van der Waals surface area contributed by atoms with E-state index in [-0.39, 0.29) is 24.9 Å². The topological polar surface area (TPSA) is 64.8 Å². The van der Waals surface area contributed by atoms with Gasteiger partial charge in [-0.3, -0.25) is 4.79 Å². The number of rotatable bonds is 10. The lowest BCUT2D eigenvalue weighted by Crippen LogP contribution is -2.35. The van der Waals surface area contributed by atoms with Gasteiger partial charge in [0.25, 0.3) is 0 Å². The van der Waals surface area contributed by atoms with Gasteiger partial charge >= 0.3 is 0 Å². The molecule has 0 spiro atoms. The number of carbonyl (C=O) groups is 1. The largest absolute Gasteiger partial charge is 0.382 e. The molecule has 1 rings (SSSR count). The quantitative estimate of drug-likeness (QED) is 0.664. The van der Waals surface area contributed by atoms with Gasteiger partial charge in [-0.25, -0.2) is 0 Å². The van der Waals surface area contributed by atoms with Crippen LogP contribution in [0.2, 0.25) is 0 Å². The van der Waals surface area contributed by atoms with E-state index < -0.39 is 0 Å². The molecule has 0 aliphatic heterocycles. The molecule has 0 atom stereocenters. The number of hydrogen-bond acceptors (Lipinski definition) is 4. The zero-order valence-corrected chi connectivity index (χ0v) is 13.3. The highest BCUT2D eigenvalue weighted by molar-refractivity contribution is 5.85. The maximum absolute atomic E-state index is 12.1. The Morgan fingerprint density at radius 2 is 1.95 bits per heavy atom. The summed E-state index contributed by atoms with van der Waals surface area (Å²) < 4.78 is 10.2. The van der Waals surface area contributed by atoms with Gasteiger partial charge in [0, 0.05) is 20.2 Å². The van der Waals surface area contributed by atoms with E-state index >= 15 is 0 Å². The minimum atomic E-state index is -0.0154. The lowest BCUT2D eigenvalue weighted by atomic mass is 10.2. The summed E-state index contributed by atoms with van der Waals surface area (Å²) in [7, 11) is 1.61. The average molecular weight is 317 g/mol. The fourth-order valence-corrected chi connectivity index (χ4v) is 1.77. The van der Waals surface area contributed by atoms with Crippen LogP contribution in [0.1, 0.15) is 12.0 Å². The number of halogens is 1. The molecule has 0 heterocycles. The fraction of sp³-hybridized carbons (Fsp3) is 0.533. The van der Waals surface area contributed by atoms with Crippen molar-refractivity contribution in [2.75, 3.05) is 40.0 Å². The first-order valence-corrected chi connectivity index (χ1v) is 6.86. The molecule has 0 aromatic heterocycles. The van der Waals surface area contributed by atoms with E-state index in [1.807, 2.05) is 30.3 Å². The van der Waals surface area contributed by atoms with Crippen molar-refractivity contribution >= 4 is 18.3 Å². The number of carbonyl (C=O) groups excluding carboxylic acids is 1. The summed E-state index contributed by atoms with van der Waals surface area (Å²) in [5.74, 6) is -0.0154. The van der Waals surface area contributed by atoms with Crippen molar-refractivity contribution in [2.45, 2.75) is 13.0 Å². The molecule has 120 valence electrons. The van der Waals surface area contributed by atoms with Crippen LogP contribution in [0.15, 0.2) is 30.3 Å². The van der Waals surface area contributed by atoms with Gasteiger partial charge < -0.3 is 20.1 Å². The fourth-order valence-electron chi connectivity index (χ4n) is 1.77. The van der Waals surface area contributed by atoms with Crippen LogP contribution < -0.4 is 5.73 Å². The minimum absolute atomic E-state index is 0. The first-order valence-electron chi connectivity index (χ1n) is 6.86. The maximum Gasteiger partial charge on any atom is 0.248 e. The number of nitrogens with two attached hydrogens (primary N) is 1. The second-order valence-corrected chi connectivity index (χ2v) is 4.49. The highest BCUT2D eigenvalue weighted by Crippen LogP contribution is 2.05. The Hall–Kier alpha value is -1.14.